The van der Waals surface area contributed by atoms with Crippen LogP contribution in [0.4, 0.5) is 0 Å². The maximum absolute atomic E-state index is 13.1. The van der Waals surface area contributed by atoms with Crippen molar-refractivity contribution in [2.24, 2.45) is 0 Å². The number of carbonyl (C=O) groups excluding carboxylic acids is 2. The second-order valence-corrected chi connectivity index (χ2v) is 14.4. The molecule has 0 aromatic rings. The first kappa shape index (κ1) is 50.3. The highest BCUT2D eigenvalue weighted by molar-refractivity contribution is 5.77. The Kier molecular flexibility index (Phi) is 38.4. The first-order valence-corrected chi connectivity index (χ1v) is 21.7. The molecule has 0 bridgehead atoms. The van der Waals surface area contributed by atoms with Gasteiger partial charge < -0.3 is 20.3 Å². The predicted octanol–water partition coefficient (Wildman–Crippen LogP) is 12.3. The third-order valence-corrected chi connectivity index (χ3v) is 9.38. The van der Waals surface area contributed by atoms with Crippen LogP contribution in [0, 0.1) is 0 Å². The fourth-order valence-corrected chi connectivity index (χ4v) is 6.09. The minimum absolute atomic E-state index is 0.00609. The van der Waals surface area contributed by atoms with Gasteiger partial charge in [-0.25, -0.2) is 0 Å². The molecule has 0 saturated heterocycles. The highest BCUT2D eigenvalue weighted by atomic mass is 16.5. The molecule has 6 nitrogen and oxygen atoms in total. The Morgan fingerprint density at radius 2 is 1.11 bits per heavy atom. The molecule has 0 fully saturated rings. The van der Waals surface area contributed by atoms with Crippen LogP contribution in [0.15, 0.2) is 72.9 Å². The average Bonchev–Trinajstić information content (AvgIpc) is 3.15. The number of nitrogens with one attached hydrogen (secondary N) is 1. The molecule has 0 aliphatic heterocycles. The average molecular weight is 740 g/mol. The van der Waals surface area contributed by atoms with Crippen LogP contribution in [-0.2, 0) is 14.3 Å². The molecule has 0 radical (unpaired) electrons. The summed E-state index contributed by atoms with van der Waals surface area (Å²) >= 11 is 0. The van der Waals surface area contributed by atoms with Crippen molar-refractivity contribution in [3.8, 4) is 0 Å². The smallest absolute Gasteiger partial charge is 0.306 e. The van der Waals surface area contributed by atoms with Crippen molar-refractivity contribution in [2.75, 3.05) is 6.61 Å². The van der Waals surface area contributed by atoms with Gasteiger partial charge in [0.15, 0.2) is 0 Å². The predicted molar refractivity (Wildman–Crippen MR) is 227 cm³/mol. The summed E-state index contributed by atoms with van der Waals surface area (Å²) in [6.07, 6.45) is 49.8. The Bertz CT molecular complexity index is 1010. The fourth-order valence-electron chi connectivity index (χ4n) is 6.09. The van der Waals surface area contributed by atoms with Gasteiger partial charge in [0.05, 0.1) is 25.2 Å². The van der Waals surface area contributed by atoms with Gasteiger partial charge in [0.25, 0.3) is 0 Å². The van der Waals surface area contributed by atoms with Crippen LogP contribution < -0.4 is 5.32 Å². The summed E-state index contributed by atoms with van der Waals surface area (Å²) in [4.78, 5) is 25.8. The summed E-state index contributed by atoms with van der Waals surface area (Å²) in [6.45, 7) is 6.25. The van der Waals surface area contributed by atoms with Gasteiger partial charge in [-0.3, -0.25) is 9.59 Å². The molecule has 0 aliphatic carbocycles. The first-order chi connectivity index (χ1) is 26.0. The standard InChI is InChI=1S/C47H81NO5/c1-4-7-10-13-16-19-22-23-25-28-31-34-37-40-47(52)53-43(38-35-32-29-26-24-20-17-14-11-8-5-2)41-46(51)48-44(42-49)45(50)39-36-33-30-27-21-18-15-12-9-6-3/h8,11,14,17,20,23-26,29,31,34,43-45,49-50H,4-7,9-10,12-13,15-16,18-19,21-22,27-28,30,32-33,35-42H2,1-3H3,(H,48,51)/b11-8+,17-14+,24-20-,25-23-,29-26-,34-31+. The van der Waals surface area contributed by atoms with Gasteiger partial charge >= 0.3 is 5.97 Å². The number of rotatable bonds is 37. The number of esters is 1. The third kappa shape index (κ3) is 36.1. The molecule has 1 amide bonds. The van der Waals surface area contributed by atoms with Gasteiger partial charge in [0, 0.05) is 6.42 Å². The second kappa shape index (κ2) is 40.5. The Hall–Kier alpha value is -2.70. The van der Waals surface area contributed by atoms with E-state index in [1.54, 1.807) is 0 Å². The molecule has 3 atom stereocenters. The summed E-state index contributed by atoms with van der Waals surface area (Å²) in [5, 5.41) is 23.5. The number of aliphatic hydroxyl groups is 2. The number of aliphatic hydroxyl groups excluding tert-OH is 2. The highest BCUT2D eigenvalue weighted by Gasteiger charge is 2.23. The number of unbranched alkanes of at least 4 members (excludes halogenated alkanes) is 16. The Balaban J connectivity index is 4.79. The normalized spacial score (nSPS) is 14.1. The molecule has 0 saturated carbocycles. The van der Waals surface area contributed by atoms with Gasteiger partial charge in [0.2, 0.25) is 5.91 Å². The minimum atomic E-state index is -0.813. The van der Waals surface area contributed by atoms with Crippen molar-refractivity contribution in [1.82, 2.24) is 5.32 Å². The van der Waals surface area contributed by atoms with Crippen LogP contribution in [-0.4, -0.2) is 46.9 Å². The summed E-state index contributed by atoms with van der Waals surface area (Å²) in [5.41, 5.74) is 0. The summed E-state index contributed by atoms with van der Waals surface area (Å²) in [5.74, 6) is -0.632. The van der Waals surface area contributed by atoms with Gasteiger partial charge in [0.1, 0.15) is 6.10 Å². The highest BCUT2D eigenvalue weighted by Crippen LogP contribution is 2.15. The van der Waals surface area contributed by atoms with Gasteiger partial charge in [-0.2, -0.15) is 0 Å². The lowest BCUT2D eigenvalue weighted by Gasteiger charge is -2.24. The van der Waals surface area contributed by atoms with Crippen LogP contribution in [0.2, 0.25) is 0 Å². The minimum Gasteiger partial charge on any atom is -0.462 e. The van der Waals surface area contributed by atoms with Crippen molar-refractivity contribution < 1.29 is 24.5 Å². The van der Waals surface area contributed by atoms with Crippen LogP contribution in [0.3, 0.4) is 0 Å². The van der Waals surface area contributed by atoms with E-state index < -0.39 is 18.2 Å². The monoisotopic (exact) mass is 740 g/mol. The first-order valence-electron chi connectivity index (χ1n) is 21.7. The lowest BCUT2D eigenvalue weighted by Crippen LogP contribution is -2.46. The van der Waals surface area contributed by atoms with E-state index in [0.717, 1.165) is 51.4 Å². The molecule has 304 valence electrons. The van der Waals surface area contributed by atoms with Crippen molar-refractivity contribution >= 4 is 11.9 Å². The van der Waals surface area contributed by atoms with E-state index in [2.05, 4.69) is 56.5 Å². The largest absolute Gasteiger partial charge is 0.462 e. The fraction of sp³-hybridized carbons (Fsp3) is 0.702. The quantitative estimate of drug-likeness (QED) is 0.0255. The lowest BCUT2D eigenvalue weighted by atomic mass is 10.0. The SMILES string of the molecule is CC/C=C/C=C/C=C\C=C/CCCC(CC(=O)NC(CO)C(O)CCCCCCCCCCCC)OC(=O)CC/C=C/C/C=C\CCCCCCCC. The molecule has 3 N–H and O–H groups in total. The number of amides is 1. The van der Waals surface area contributed by atoms with Crippen molar-refractivity contribution in [3.63, 3.8) is 0 Å². The van der Waals surface area contributed by atoms with Gasteiger partial charge in [-0.05, 0) is 57.8 Å². The van der Waals surface area contributed by atoms with Crippen LogP contribution in [0.25, 0.3) is 0 Å². The van der Waals surface area contributed by atoms with Crippen LogP contribution in [0.1, 0.15) is 188 Å². The molecule has 0 rings (SSSR count). The second-order valence-electron chi connectivity index (χ2n) is 14.4. The Labute approximate surface area is 326 Å². The van der Waals surface area contributed by atoms with E-state index in [4.69, 9.17) is 4.74 Å². The molecule has 6 heteroatoms. The van der Waals surface area contributed by atoms with Crippen molar-refractivity contribution in [2.45, 2.75) is 206 Å². The third-order valence-electron chi connectivity index (χ3n) is 9.38. The van der Waals surface area contributed by atoms with E-state index in [0.29, 0.717) is 19.3 Å². The van der Waals surface area contributed by atoms with E-state index in [9.17, 15) is 19.8 Å². The molecule has 0 aromatic heterocycles. The summed E-state index contributed by atoms with van der Waals surface area (Å²) in [7, 11) is 0. The molecule has 3 unspecified atom stereocenters. The molecular formula is C47H81NO5. The zero-order chi connectivity index (χ0) is 38.9. The lowest BCUT2D eigenvalue weighted by molar-refractivity contribution is -0.150. The molecular weight excluding hydrogens is 659 g/mol. The molecule has 0 aliphatic rings. The number of carbonyl (C=O) groups is 2. The van der Waals surface area contributed by atoms with Gasteiger partial charge in [-0.1, -0.05) is 190 Å². The van der Waals surface area contributed by atoms with Crippen molar-refractivity contribution in [1.29, 1.82) is 0 Å². The maximum atomic E-state index is 13.1. The number of ether oxygens (including phenoxy) is 1. The number of hydrogen-bond acceptors (Lipinski definition) is 5. The number of allylic oxidation sites excluding steroid dienone is 12. The Morgan fingerprint density at radius 3 is 1.72 bits per heavy atom. The van der Waals surface area contributed by atoms with E-state index in [1.807, 2.05) is 42.5 Å². The zero-order valence-electron chi connectivity index (χ0n) is 34.4. The molecule has 0 heterocycles. The zero-order valence-corrected chi connectivity index (χ0v) is 34.4. The maximum Gasteiger partial charge on any atom is 0.306 e. The van der Waals surface area contributed by atoms with Crippen LogP contribution in [0.5, 0.6) is 0 Å². The number of hydrogen-bond donors (Lipinski definition) is 3. The van der Waals surface area contributed by atoms with E-state index >= 15 is 0 Å². The molecule has 0 spiro atoms. The van der Waals surface area contributed by atoms with Gasteiger partial charge in [-0.15, -0.1) is 0 Å². The van der Waals surface area contributed by atoms with E-state index in [-0.39, 0.29) is 31.3 Å². The van der Waals surface area contributed by atoms with Crippen molar-refractivity contribution in [3.05, 3.63) is 72.9 Å². The summed E-state index contributed by atoms with van der Waals surface area (Å²) in [6, 6.07) is -0.733. The summed E-state index contributed by atoms with van der Waals surface area (Å²) < 4.78 is 5.81. The Morgan fingerprint density at radius 1 is 0.585 bits per heavy atom. The molecule has 0 aromatic carbocycles. The van der Waals surface area contributed by atoms with E-state index in [1.165, 1.54) is 83.5 Å². The topological polar surface area (TPSA) is 95.9 Å². The van der Waals surface area contributed by atoms with Crippen LogP contribution >= 0.6 is 0 Å². The molecule has 53 heavy (non-hydrogen) atoms.